The van der Waals surface area contributed by atoms with Crippen molar-refractivity contribution in [2.75, 3.05) is 25.4 Å². The highest BCUT2D eigenvalue weighted by molar-refractivity contribution is 8.00. The van der Waals surface area contributed by atoms with Crippen LogP contribution in [0.4, 0.5) is 0 Å². The number of nitrogens with one attached hydrogen (secondary N) is 1. The molecule has 0 unspecified atom stereocenters. The highest BCUT2D eigenvalue weighted by Crippen LogP contribution is 2.29. The van der Waals surface area contributed by atoms with Gasteiger partial charge in [-0.25, -0.2) is 5.84 Å². The van der Waals surface area contributed by atoms with Crippen molar-refractivity contribution < 1.29 is 4.79 Å². The molecule has 0 saturated carbocycles. The Kier molecular flexibility index (Phi) is 4.22. The van der Waals surface area contributed by atoms with Crippen LogP contribution in [0.2, 0.25) is 0 Å². The summed E-state index contributed by atoms with van der Waals surface area (Å²) in [5, 5.41) is 0. The summed E-state index contributed by atoms with van der Waals surface area (Å²) in [5.74, 6) is 6.09. The molecule has 0 aliphatic carbocycles. The van der Waals surface area contributed by atoms with Crippen molar-refractivity contribution in [2.45, 2.75) is 25.0 Å². The number of hydrogen-bond donors (Lipinski definition) is 2. The monoisotopic (exact) mass is 217 g/mol. The lowest BCUT2D eigenvalue weighted by molar-refractivity contribution is -0.121. The molecular weight excluding hydrogens is 198 g/mol. The smallest absolute Gasteiger partial charge is 0.235 e. The zero-order valence-electron chi connectivity index (χ0n) is 8.88. The quantitative estimate of drug-likeness (QED) is 0.403. The summed E-state index contributed by atoms with van der Waals surface area (Å²) < 4.78 is 0.317. The minimum Gasteiger partial charge on any atom is -0.301 e. The molecule has 1 aliphatic rings. The van der Waals surface area contributed by atoms with Crippen molar-refractivity contribution in [3.8, 4) is 0 Å². The fourth-order valence-corrected chi connectivity index (χ4v) is 2.81. The number of nitrogens with zero attached hydrogens (tertiary/aromatic N) is 1. The van der Waals surface area contributed by atoms with Gasteiger partial charge in [-0.15, -0.1) is 0 Å². The molecule has 1 aliphatic heterocycles. The Morgan fingerprint density at radius 1 is 1.64 bits per heavy atom. The molecule has 0 aromatic heterocycles. The van der Waals surface area contributed by atoms with E-state index >= 15 is 0 Å². The van der Waals surface area contributed by atoms with E-state index in [1.165, 1.54) is 0 Å². The largest absolute Gasteiger partial charge is 0.301 e. The Morgan fingerprint density at radius 3 is 2.93 bits per heavy atom. The van der Waals surface area contributed by atoms with Gasteiger partial charge in [0, 0.05) is 36.6 Å². The van der Waals surface area contributed by atoms with Crippen molar-refractivity contribution in [2.24, 2.45) is 5.84 Å². The average molecular weight is 217 g/mol. The van der Waals surface area contributed by atoms with Crippen molar-refractivity contribution in [1.82, 2.24) is 10.3 Å². The van der Waals surface area contributed by atoms with Gasteiger partial charge in [-0.2, -0.15) is 11.8 Å². The molecular formula is C9H19N3OS. The normalized spacial score (nSPS) is 21.9. The second-order valence-electron chi connectivity index (χ2n) is 4.20. The molecule has 82 valence electrons. The lowest BCUT2D eigenvalue weighted by Crippen LogP contribution is -2.44. The Bertz CT molecular complexity index is 208. The first-order chi connectivity index (χ1) is 6.53. The predicted octanol–water partition coefficient (Wildman–Crippen LogP) is 0.194. The molecule has 0 spiro atoms. The Labute approximate surface area is 89.6 Å². The molecule has 1 fully saturated rings. The SMILES string of the molecule is CC1(C)CN(CCC(=O)NN)CCS1. The molecule has 5 heteroatoms. The van der Waals surface area contributed by atoms with E-state index in [4.69, 9.17) is 5.84 Å². The van der Waals surface area contributed by atoms with Crippen LogP contribution < -0.4 is 11.3 Å². The van der Waals surface area contributed by atoms with E-state index in [1.54, 1.807) is 0 Å². The highest BCUT2D eigenvalue weighted by Gasteiger charge is 2.26. The van der Waals surface area contributed by atoms with Crippen LogP contribution in [0, 0.1) is 0 Å². The summed E-state index contributed by atoms with van der Waals surface area (Å²) in [6, 6.07) is 0. The zero-order chi connectivity index (χ0) is 10.6. The molecule has 14 heavy (non-hydrogen) atoms. The lowest BCUT2D eigenvalue weighted by atomic mass is 10.2. The standard InChI is InChI=1S/C9H19N3OS/c1-9(2)7-12(5-6-14-9)4-3-8(13)11-10/h3-7,10H2,1-2H3,(H,11,13). The van der Waals surface area contributed by atoms with E-state index in [1.807, 2.05) is 11.8 Å². The summed E-state index contributed by atoms with van der Waals surface area (Å²) in [4.78, 5) is 13.3. The van der Waals surface area contributed by atoms with Crippen LogP contribution >= 0.6 is 11.8 Å². The van der Waals surface area contributed by atoms with E-state index in [9.17, 15) is 4.79 Å². The van der Waals surface area contributed by atoms with E-state index in [0.29, 0.717) is 11.2 Å². The van der Waals surface area contributed by atoms with Gasteiger partial charge in [-0.1, -0.05) is 0 Å². The number of rotatable bonds is 3. The van der Waals surface area contributed by atoms with Gasteiger partial charge in [-0.3, -0.25) is 10.2 Å². The first-order valence-electron chi connectivity index (χ1n) is 4.89. The van der Waals surface area contributed by atoms with Crippen LogP contribution in [0.15, 0.2) is 0 Å². The zero-order valence-corrected chi connectivity index (χ0v) is 9.69. The molecule has 0 atom stereocenters. The molecule has 4 nitrogen and oxygen atoms in total. The second kappa shape index (κ2) is 5.00. The number of hydrazine groups is 1. The second-order valence-corrected chi connectivity index (χ2v) is 6.00. The molecule has 0 radical (unpaired) electrons. The van der Waals surface area contributed by atoms with Gasteiger partial charge in [0.15, 0.2) is 0 Å². The maximum absolute atomic E-state index is 10.9. The molecule has 1 rings (SSSR count). The van der Waals surface area contributed by atoms with Crippen molar-refractivity contribution in [1.29, 1.82) is 0 Å². The minimum atomic E-state index is -0.0824. The van der Waals surface area contributed by atoms with Gasteiger partial charge >= 0.3 is 0 Å². The average Bonchev–Trinajstić information content (AvgIpc) is 2.12. The molecule has 0 aromatic carbocycles. The molecule has 3 N–H and O–H groups in total. The summed E-state index contributed by atoms with van der Waals surface area (Å²) in [7, 11) is 0. The number of carbonyl (C=O) groups excluding carboxylic acids is 1. The predicted molar refractivity (Wildman–Crippen MR) is 59.9 cm³/mol. The summed E-state index contributed by atoms with van der Waals surface area (Å²) in [5.41, 5.74) is 2.15. The number of nitrogens with two attached hydrogens (primary N) is 1. The fraction of sp³-hybridized carbons (Fsp3) is 0.889. The number of carbonyl (C=O) groups is 1. The molecule has 0 bridgehead atoms. The number of thioether (sulfide) groups is 1. The maximum atomic E-state index is 10.9. The van der Waals surface area contributed by atoms with E-state index in [-0.39, 0.29) is 5.91 Å². The topological polar surface area (TPSA) is 58.4 Å². The minimum absolute atomic E-state index is 0.0824. The van der Waals surface area contributed by atoms with Crippen LogP contribution in [-0.4, -0.2) is 40.9 Å². The van der Waals surface area contributed by atoms with Crippen molar-refractivity contribution in [3.63, 3.8) is 0 Å². The lowest BCUT2D eigenvalue weighted by Gasteiger charge is -2.37. The van der Waals surface area contributed by atoms with Crippen molar-refractivity contribution >= 4 is 17.7 Å². The third-order valence-electron chi connectivity index (χ3n) is 2.32. The van der Waals surface area contributed by atoms with Gasteiger partial charge in [0.25, 0.3) is 0 Å². The van der Waals surface area contributed by atoms with Crippen LogP contribution in [0.1, 0.15) is 20.3 Å². The maximum Gasteiger partial charge on any atom is 0.235 e. The molecule has 0 aromatic rings. The van der Waals surface area contributed by atoms with Gasteiger partial charge in [-0.05, 0) is 13.8 Å². The number of hydrogen-bond acceptors (Lipinski definition) is 4. The van der Waals surface area contributed by atoms with E-state index < -0.39 is 0 Å². The van der Waals surface area contributed by atoms with Gasteiger partial charge < -0.3 is 4.90 Å². The number of amides is 1. The van der Waals surface area contributed by atoms with E-state index in [0.717, 1.165) is 25.4 Å². The summed E-state index contributed by atoms with van der Waals surface area (Å²) in [6.45, 7) is 7.42. The van der Waals surface area contributed by atoms with E-state index in [2.05, 4.69) is 24.2 Å². The van der Waals surface area contributed by atoms with Gasteiger partial charge in [0.05, 0.1) is 0 Å². The first-order valence-corrected chi connectivity index (χ1v) is 5.88. The van der Waals surface area contributed by atoms with Gasteiger partial charge in [0.1, 0.15) is 0 Å². The molecule has 1 heterocycles. The fourth-order valence-electron chi connectivity index (χ4n) is 1.64. The Hall–Kier alpha value is -0.260. The van der Waals surface area contributed by atoms with Crippen LogP contribution in [-0.2, 0) is 4.79 Å². The van der Waals surface area contributed by atoms with Crippen LogP contribution in [0.5, 0.6) is 0 Å². The van der Waals surface area contributed by atoms with Crippen LogP contribution in [0.3, 0.4) is 0 Å². The summed E-state index contributed by atoms with van der Waals surface area (Å²) in [6.07, 6.45) is 0.497. The Morgan fingerprint density at radius 2 is 2.36 bits per heavy atom. The third-order valence-corrected chi connectivity index (χ3v) is 3.62. The van der Waals surface area contributed by atoms with Crippen LogP contribution in [0.25, 0.3) is 0 Å². The molecule has 1 amide bonds. The van der Waals surface area contributed by atoms with Gasteiger partial charge in [0.2, 0.25) is 5.91 Å². The third kappa shape index (κ3) is 3.86. The highest BCUT2D eigenvalue weighted by atomic mass is 32.2. The van der Waals surface area contributed by atoms with Crippen molar-refractivity contribution in [3.05, 3.63) is 0 Å². The molecule has 1 saturated heterocycles. The summed E-state index contributed by atoms with van der Waals surface area (Å²) >= 11 is 2.00. The Balaban J connectivity index is 2.28. The first kappa shape index (κ1) is 11.8.